The van der Waals surface area contributed by atoms with Crippen LogP contribution in [0.15, 0.2) is 0 Å². The van der Waals surface area contributed by atoms with Gasteiger partial charge in [0.05, 0.1) is 6.61 Å². The molecule has 0 atom stereocenters. The Labute approximate surface area is 106 Å². The van der Waals surface area contributed by atoms with Crippen molar-refractivity contribution in [3.63, 3.8) is 0 Å². The number of carbonyl (C=O) groups is 1. The molecule has 1 aliphatic rings. The van der Waals surface area contributed by atoms with Crippen molar-refractivity contribution in [2.75, 3.05) is 13.2 Å². The Hall–Kier alpha value is -1.43. The van der Waals surface area contributed by atoms with Gasteiger partial charge in [0.2, 0.25) is 5.82 Å². The van der Waals surface area contributed by atoms with Gasteiger partial charge in [-0.2, -0.15) is 0 Å². The molecule has 1 saturated carbocycles. The van der Waals surface area contributed by atoms with E-state index >= 15 is 0 Å². The Morgan fingerprint density at radius 3 is 2.61 bits per heavy atom. The molecule has 100 valence electrons. The average Bonchev–Trinajstić information content (AvgIpc) is 2.90. The summed E-state index contributed by atoms with van der Waals surface area (Å²) in [6.45, 7) is 6.61. The van der Waals surface area contributed by atoms with Crippen LogP contribution >= 0.6 is 0 Å². The van der Waals surface area contributed by atoms with Gasteiger partial charge >= 0.3 is 0 Å². The van der Waals surface area contributed by atoms with Crippen LogP contribution in [0.25, 0.3) is 0 Å². The van der Waals surface area contributed by atoms with E-state index in [0.717, 1.165) is 12.8 Å². The third kappa shape index (κ3) is 2.69. The molecule has 6 heteroatoms. The van der Waals surface area contributed by atoms with E-state index < -0.39 is 0 Å². The molecule has 0 unspecified atom stereocenters. The van der Waals surface area contributed by atoms with Gasteiger partial charge in [-0.25, -0.2) is 4.98 Å². The van der Waals surface area contributed by atoms with Gasteiger partial charge in [0.1, 0.15) is 5.82 Å². The van der Waals surface area contributed by atoms with Crippen LogP contribution < -0.4 is 5.32 Å². The van der Waals surface area contributed by atoms with Crippen molar-refractivity contribution in [1.29, 1.82) is 0 Å². The predicted octanol–water partition coefficient (Wildman–Crippen LogP) is 0.605. The van der Waals surface area contributed by atoms with Crippen LogP contribution in [-0.4, -0.2) is 39.3 Å². The topological polar surface area (TPSA) is 90.9 Å². The maximum atomic E-state index is 11.8. The van der Waals surface area contributed by atoms with E-state index in [1.54, 1.807) is 0 Å². The second kappa shape index (κ2) is 4.35. The van der Waals surface area contributed by atoms with Gasteiger partial charge < -0.3 is 10.4 Å². The predicted molar refractivity (Wildman–Crippen MR) is 66.2 cm³/mol. The number of aromatic amines is 1. The zero-order valence-corrected chi connectivity index (χ0v) is 11.1. The first kappa shape index (κ1) is 13.0. The lowest BCUT2D eigenvalue weighted by atomic mass is 9.96. The molecule has 1 aromatic rings. The molecular formula is C12H20N4O2. The van der Waals surface area contributed by atoms with Gasteiger partial charge in [0, 0.05) is 17.4 Å². The number of aliphatic hydroxyl groups excluding tert-OH is 1. The maximum Gasteiger partial charge on any atom is 0.290 e. The number of hydrogen-bond acceptors (Lipinski definition) is 4. The Bertz CT molecular complexity index is 443. The smallest absolute Gasteiger partial charge is 0.290 e. The monoisotopic (exact) mass is 252 g/mol. The fraction of sp³-hybridized carbons (Fsp3) is 0.750. The zero-order chi connectivity index (χ0) is 13.4. The molecule has 1 heterocycles. The van der Waals surface area contributed by atoms with E-state index in [1.807, 2.05) is 20.8 Å². The lowest BCUT2D eigenvalue weighted by Crippen LogP contribution is -2.32. The fourth-order valence-electron chi connectivity index (χ4n) is 1.61. The molecule has 0 saturated heterocycles. The molecule has 0 bridgehead atoms. The van der Waals surface area contributed by atoms with E-state index in [4.69, 9.17) is 5.11 Å². The first-order valence-electron chi connectivity index (χ1n) is 6.18. The van der Waals surface area contributed by atoms with Gasteiger partial charge in [-0.3, -0.25) is 9.89 Å². The molecule has 0 aromatic carbocycles. The van der Waals surface area contributed by atoms with Crippen LogP contribution in [0.2, 0.25) is 0 Å². The second-order valence-electron chi connectivity index (χ2n) is 6.10. The molecule has 0 aliphatic heterocycles. The minimum atomic E-state index is -0.290. The number of amides is 1. The number of H-pyrrole nitrogens is 1. The molecule has 18 heavy (non-hydrogen) atoms. The third-order valence-corrected chi connectivity index (χ3v) is 3.32. The summed E-state index contributed by atoms with van der Waals surface area (Å²) in [5.41, 5.74) is -0.257. The van der Waals surface area contributed by atoms with E-state index in [1.165, 1.54) is 0 Å². The van der Waals surface area contributed by atoms with Gasteiger partial charge in [0.15, 0.2) is 0 Å². The summed E-state index contributed by atoms with van der Waals surface area (Å²) in [7, 11) is 0. The normalized spacial score (nSPS) is 17.6. The highest BCUT2D eigenvalue weighted by Crippen LogP contribution is 2.44. The van der Waals surface area contributed by atoms with Crippen molar-refractivity contribution in [1.82, 2.24) is 20.5 Å². The Morgan fingerprint density at radius 2 is 2.17 bits per heavy atom. The second-order valence-corrected chi connectivity index (χ2v) is 6.10. The summed E-state index contributed by atoms with van der Waals surface area (Å²) in [6.07, 6.45) is 1.93. The van der Waals surface area contributed by atoms with Crippen LogP contribution in [-0.2, 0) is 5.41 Å². The maximum absolute atomic E-state index is 11.8. The SMILES string of the molecule is CC(C)(C)c1nc(C(=O)NCC2(CO)CC2)n[nH]1. The van der Waals surface area contributed by atoms with Gasteiger partial charge in [-0.1, -0.05) is 20.8 Å². The molecule has 3 N–H and O–H groups in total. The van der Waals surface area contributed by atoms with Crippen molar-refractivity contribution >= 4 is 5.91 Å². The summed E-state index contributed by atoms with van der Waals surface area (Å²) in [4.78, 5) is 16.0. The van der Waals surface area contributed by atoms with Crippen LogP contribution in [0.3, 0.4) is 0 Å². The first-order chi connectivity index (χ1) is 8.36. The fourth-order valence-corrected chi connectivity index (χ4v) is 1.61. The molecule has 1 fully saturated rings. The molecule has 6 nitrogen and oxygen atoms in total. The molecule has 1 aliphatic carbocycles. The minimum absolute atomic E-state index is 0.0984. The number of nitrogens with zero attached hydrogens (tertiary/aromatic N) is 2. The molecule has 1 amide bonds. The van der Waals surface area contributed by atoms with E-state index in [-0.39, 0.29) is 29.2 Å². The lowest BCUT2D eigenvalue weighted by Gasteiger charge is -2.13. The van der Waals surface area contributed by atoms with E-state index in [9.17, 15) is 4.79 Å². The largest absolute Gasteiger partial charge is 0.396 e. The minimum Gasteiger partial charge on any atom is -0.396 e. The molecule has 0 radical (unpaired) electrons. The van der Waals surface area contributed by atoms with Gasteiger partial charge in [-0.05, 0) is 12.8 Å². The summed E-state index contributed by atoms with van der Waals surface area (Å²) in [5.74, 6) is 0.561. The molecule has 0 spiro atoms. The standard InChI is InChI=1S/C12H20N4O2/c1-11(2,3)10-14-8(15-16-10)9(18)13-6-12(7-17)4-5-12/h17H,4-7H2,1-3H3,(H,13,18)(H,14,15,16). The Morgan fingerprint density at radius 1 is 1.50 bits per heavy atom. The summed E-state index contributed by atoms with van der Waals surface area (Å²) in [5, 5.41) is 18.6. The van der Waals surface area contributed by atoms with Crippen LogP contribution in [0.5, 0.6) is 0 Å². The number of carbonyl (C=O) groups excluding carboxylic acids is 1. The Balaban J connectivity index is 1.95. The van der Waals surface area contributed by atoms with Crippen molar-refractivity contribution < 1.29 is 9.90 Å². The third-order valence-electron chi connectivity index (χ3n) is 3.32. The lowest BCUT2D eigenvalue weighted by molar-refractivity contribution is 0.0925. The van der Waals surface area contributed by atoms with Crippen molar-refractivity contribution in [2.24, 2.45) is 5.41 Å². The highest BCUT2D eigenvalue weighted by atomic mass is 16.3. The molecular weight excluding hydrogens is 232 g/mol. The average molecular weight is 252 g/mol. The summed E-state index contributed by atoms with van der Waals surface area (Å²) >= 11 is 0. The highest BCUT2D eigenvalue weighted by Gasteiger charge is 2.42. The number of rotatable bonds is 4. The highest BCUT2D eigenvalue weighted by molar-refractivity contribution is 5.90. The number of aromatic nitrogens is 3. The van der Waals surface area contributed by atoms with Crippen LogP contribution in [0.1, 0.15) is 50.1 Å². The quantitative estimate of drug-likeness (QED) is 0.732. The van der Waals surface area contributed by atoms with E-state index in [2.05, 4.69) is 20.5 Å². The number of nitrogens with one attached hydrogen (secondary N) is 2. The van der Waals surface area contributed by atoms with Gasteiger partial charge in [0.25, 0.3) is 5.91 Å². The zero-order valence-electron chi connectivity index (χ0n) is 11.1. The van der Waals surface area contributed by atoms with Crippen LogP contribution in [0, 0.1) is 5.41 Å². The molecule has 1 aromatic heterocycles. The van der Waals surface area contributed by atoms with Crippen molar-refractivity contribution in [3.8, 4) is 0 Å². The molecule has 2 rings (SSSR count). The number of aliphatic hydroxyl groups is 1. The van der Waals surface area contributed by atoms with Crippen molar-refractivity contribution in [2.45, 2.75) is 39.0 Å². The summed E-state index contributed by atoms with van der Waals surface area (Å²) < 4.78 is 0. The number of hydrogen-bond donors (Lipinski definition) is 3. The van der Waals surface area contributed by atoms with Gasteiger partial charge in [-0.15, -0.1) is 5.10 Å². The Kier molecular flexibility index (Phi) is 3.14. The van der Waals surface area contributed by atoms with Crippen LogP contribution in [0.4, 0.5) is 0 Å². The summed E-state index contributed by atoms with van der Waals surface area (Å²) in [6, 6.07) is 0. The van der Waals surface area contributed by atoms with E-state index in [0.29, 0.717) is 12.4 Å². The first-order valence-corrected chi connectivity index (χ1v) is 6.18. The van der Waals surface area contributed by atoms with Crippen molar-refractivity contribution in [3.05, 3.63) is 11.6 Å².